The lowest BCUT2D eigenvalue weighted by Gasteiger charge is -2.26. The van der Waals surface area contributed by atoms with Gasteiger partial charge in [-0.25, -0.2) is 22.3 Å². The summed E-state index contributed by atoms with van der Waals surface area (Å²) < 4.78 is 45.8. The van der Waals surface area contributed by atoms with Crippen LogP contribution >= 0.6 is 0 Å². The second-order valence-electron chi connectivity index (χ2n) is 5.90. The lowest BCUT2D eigenvalue weighted by atomic mass is 9.87. The molecule has 1 aliphatic carbocycles. The number of halogens is 1. The van der Waals surface area contributed by atoms with E-state index in [1.807, 2.05) is 0 Å². The summed E-state index contributed by atoms with van der Waals surface area (Å²) in [6.07, 6.45) is 1.52. The molecule has 0 aliphatic heterocycles. The van der Waals surface area contributed by atoms with Gasteiger partial charge in [0.25, 0.3) is 0 Å². The molecule has 2 N–H and O–H groups in total. The summed E-state index contributed by atoms with van der Waals surface area (Å²) in [6, 6.07) is 2.38. The molecule has 1 aliphatic rings. The first kappa shape index (κ1) is 19.3. The number of sulfonamides is 1. The standard InChI is InChI=1S/C16H20FNO6S/c1-2-24-16(21)11-7-12(17)9-14(8-11)25(22,23)18-13-5-3-10(4-6-13)15(19)20/h7-10,13,18H,2-6H2,1H3,(H,19,20). The number of esters is 1. The van der Waals surface area contributed by atoms with Gasteiger partial charge in [-0.2, -0.15) is 0 Å². The zero-order chi connectivity index (χ0) is 18.6. The fourth-order valence-corrected chi connectivity index (χ4v) is 4.16. The number of aliphatic carboxylic acids is 1. The largest absolute Gasteiger partial charge is 0.481 e. The average molecular weight is 373 g/mol. The number of hydrogen-bond acceptors (Lipinski definition) is 5. The summed E-state index contributed by atoms with van der Waals surface area (Å²) in [5.41, 5.74) is -0.184. The highest BCUT2D eigenvalue weighted by atomic mass is 32.2. The van der Waals surface area contributed by atoms with Crippen molar-refractivity contribution in [3.63, 3.8) is 0 Å². The van der Waals surface area contributed by atoms with Gasteiger partial charge in [-0.1, -0.05) is 0 Å². The van der Waals surface area contributed by atoms with Crippen LogP contribution in [-0.4, -0.2) is 38.1 Å². The van der Waals surface area contributed by atoms with Gasteiger partial charge in [-0.15, -0.1) is 0 Å². The van der Waals surface area contributed by atoms with Crippen molar-refractivity contribution >= 4 is 22.0 Å². The van der Waals surface area contributed by atoms with Gasteiger partial charge in [0.1, 0.15) is 5.82 Å². The number of carboxylic acid groups (broad SMARTS) is 1. The van der Waals surface area contributed by atoms with E-state index in [2.05, 4.69) is 4.72 Å². The van der Waals surface area contributed by atoms with Crippen LogP contribution in [0, 0.1) is 11.7 Å². The topological polar surface area (TPSA) is 110 Å². The van der Waals surface area contributed by atoms with Crippen molar-refractivity contribution in [3.8, 4) is 0 Å². The number of hydrogen-bond donors (Lipinski definition) is 2. The van der Waals surface area contributed by atoms with E-state index in [0.717, 1.165) is 18.2 Å². The summed E-state index contributed by atoms with van der Waals surface area (Å²) >= 11 is 0. The van der Waals surface area contributed by atoms with Crippen molar-refractivity contribution < 1.29 is 32.2 Å². The van der Waals surface area contributed by atoms with E-state index < -0.39 is 39.7 Å². The van der Waals surface area contributed by atoms with Crippen LogP contribution in [0.25, 0.3) is 0 Å². The third-order valence-corrected chi connectivity index (χ3v) is 5.59. The minimum Gasteiger partial charge on any atom is -0.481 e. The van der Waals surface area contributed by atoms with E-state index in [0.29, 0.717) is 25.7 Å². The Bertz CT molecular complexity index is 756. The average Bonchev–Trinajstić information content (AvgIpc) is 2.54. The quantitative estimate of drug-likeness (QED) is 0.737. The summed E-state index contributed by atoms with van der Waals surface area (Å²) in [7, 11) is -4.04. The van der Waals surface area contributed by atoms with Crippen molar-refractivity contribution in [2.45, 2.75) is 43.5 Å². The SMILES string of the molecule is CCOC(=O)c1cc(F)cc(S(=O)(=O)NC2CCC(C(=O)O)CC2)c1. The number of carboxylic acids is 1. The normalized spacial score (nSPS) is 20.9. The first-order chi connectivity index (χ1) is 11.7. The smallest absolute Gasteiger partial charge is 0.338 e. The zero-order valence-corrected chi connectivity index (χ0v) is 14.5. The molecule has 0 atom stereocenters. The molecule has 1 saturated carbocycles. The highest BCUT2D eigenvalue weighted by Gasteiger charge is 2.29. The molecule has 25 heavy (non-hydrogen) atoms. The van der Waals surface area contributed by atoms with Gasteiger partial charge in [-0.05, 0) is 50.8 Å². The molecule has 1 aromatic rings. The number of carbonyl (C=O) groups is 2. The molecule has 0 radical (unpaired) electrons. The number of nitrogens with one attached hydrogen (secondary N) is 1. The third-order valence-electron chi connectivity index (χ3n) is 4.09. The van der Waals surface area contributed by atoms with Crippen LogP contribution in [0.4, 0.5) is 4.39 Å². The summed E-state index contributed by atoms with van der Waals surface area (Å²) in [5, 5.41) is 8.97. The monoisotopic (exact) mass is 373 g/mol. The summed E-state index contributed by atoms with van der Waals surface area (Å²) in [4.78, 5) is 22.3. The highest BCUT2D eigenvalue weighted by Crippen LogP contribution is 2.26. The van der Waals surface area contributed by atoms with Crippen molar-refractivity contribution in [2.75, 3.05) is 6.61 Å². The van der Waals surface area contributed by atoms with E-state index in [-0.39, 0.29) is 17.1 Å². The Balaban J connectivity index is 2.14. The molecule has 0 spiro atoms. The molecule has 0 heterocycles. The minimum absolute atomic E-state index is 0.0858. The molecule has 0 bridgehead atoms. The lowest BCUT2D eigenvalue weighted by Crippen LogP contribution is -2.38. The second-order valence-corrected chi connectivity index (χ2v) is 7.62. The fourth-order valence-electron chi connectivity index (χ4n) is 2.80. The molecular formula is C16H20FNO6S. The Labute approximate surface area is 145 Å². The van der Waals surface area contributed by atoms with E-state index in [4.69, 9.17) is 9.84 Å². The second kappa shape index (κ2) is 7.92. The van der Waals surface area contributed by atoms with Crippen LogP contribution in [0.15, 0.2) is 23.1 Å². The third kappa shape index (κ3) is 4.99. The van der Waals surface area contributed by atoms with Crippen LogP contribution in [-0.2, 0) is 19.6 Å². The molecule has 0 aromatic heterocycles. The Hall–Kier alpha value is -2.00. The molecule has 2 rings (SSSR count). The first-order valence-electron chi connectivity index (χ1n) is 7.95. The Morgan fingerprint density at radius 3 is 2.44 bits per heavy atom. The van der Waals surface area contributed by atoms with E-state index >= 15 is 0 Å². The molecular weight excluding hydrogens is 353 g/mol. The lowest BCUT2D eigenvalue weighted by molar-refractivity contribution is -0.142. The molecule has 1 aromatic carbocycles. The molecule has 0 unspecified atom stereocenters. The Morgan fingerprint density at radius 2 is 1.88 bits per heavy atom. The fraction of sp³-hybridized carbons (Fsp3) is 0.500. The molecule has 7 nitrogen and oxygen atoms in total. The summed E-state index contributed by atoms with van der Waals surface area (Å²) in [6.45, 7) is 1.67. The van der Waals surface area contributed by atoms with Gasteiger partial charge in [0, 0.05) is 6.04 Å². The summed E-state index contributed by atoms with van der Waals surface area (Å²) in [5.74, 6) is -3.02. The molecule has 0 saturated heterocycles. The highest BCUT2D eigenvalue weighted by molar-refractivity contribution is 7.89. The van der Waals surface area contributed by atoms with E-state index in [1.54, 1.807) is 6.92 Å². The van der Waals surface area contributed by atoms with Gasteiger partial charge in [0.05, 0.1) is 23.0 Å². The number of benzene rings is 1. The first-order valence-corrected chi connectivity index (χ1v) is 9.44. The minimum atomic E-state index is -4.04. The van der Waals surface area contributed by atoms with Crippen LogP contribution < -0.4 is 4.72 Å². The predicted molar refractivity (Wildman–Crippen MR) is 86.1 cm³/mol. The number of rotatable bonds is 6. The van der Waals surface area contributed by atoms with Gasteiger partial charge in [-0.3, -0.25) is 4.79 Å². The van der Waals surface area contributed by atoms with Gasteiger partial charge in [0.2, 0.25) is 10.0 Å². The van der Waals surface area contributed by atoms with Crippen molar-refractivity contribution in [3.05, 3.63) is 29.6 Å². The van der Waals surface area contributed by atoms with Gasteiger partial charge < -0.3 is 9.84 Å². The van der Waals surface area contributed by atoms with E-state index in [1.165, 1.54) is 0 Å². The van der Waals surface area contributed by atoms with Crippen LogP contribution in [0.3, 0.4) is 0 Å². The van der Waals surface area contributed by atoms with Crippen molar-refractivity contribution in [1.29, 1.82) is 0 Å². The molecule has 138 valence electrons. The van der Waals surface area contributed by atoms with Gasteiger partial charge in [0.15, 0.2) is 0 Å². The van der Waals surface area contributed by atoms with Crippen molar-refractivity contribution in [2.24, 2.45) is 5.92 Å². The maximum atomic E-state index is 13.7. The number of ether oxygens (including phenoxy) is 1. The maximum Gasteiger partial charge on any atom is 0.338 e. The Morgan fingerprint density at radius 1 is 1.24 bits per heavy atom. The van der Waals surface area contributed by atoms with Crippen LogP contribution in [0.2, 0.25) is 0 Å². The van der Waals surface area contributed by atoms with Crippen molar-refractivity contribution in [1.82, 2.24) is 4.72 Å². The predicted octanol–water partition coefficient (Wildman–Crippen LogP) is 1.92. The Kier molecular flexibility index (Phi) is 6.12. The van der Waals surface area contributed by atoms with Crippen LogP contribution in [0.1, 0.15) is 43.0 Å². The maximum absolute atomic E-state index is 13.7. The van der Waals surface area contributed by atoms with E-state index in [9.17, 15) is 22.4 Å². The zero-order valence-electron chi connectivity index (χ0n) is 13.7. The molecule has 9 heteroatoms. The van der Waals surface area contributed by atoms with Crippen LogP contribution in [0.5, 0.6) is 0 Å². The molecule has 0 amide bonds. The van der Waals surface area contributed by atoms with Gasteiger partial charge >= 0.3 is 11.9 Å². The molecule has 1 fully saturated rings. The number of carbonyl (C=O) groups excluding carboxylic acids is 1.